The highest BCUT2D eigenvalue weighted by molar-refractivity contribution is 7.90. The van der Waals surface area contributed by atoms with E-state index in [2.05, 4.69) is 10.8 Å². The Hall–Kier alpha value is -0.540. The third kappa shape index (κ3) is 3.49. The predicted octanol–water partition coefficient (Wildman–Crippen LogP) is 2.73. The lowest BCUT2D eigenvalue weighted by atomic mass is 10.2. The van der Waals surface area contributed by atoms with Crippen LogP contribution in [0.25, 0.3) is 0 Å². The SMILES string of the molecule is CC(N[S+]([O-])C(C)(C)C)c1cc(C#N)cs1. The Morgan fingerprint density at radius 2 is 2.19 bits per heavy atom. The molecule has 1 heterocycles. The zero-order valence-corrected chi connectivity index (χ0v) is 11.5. The van der Waals surface area contributed by atoms with Gasteiger partial charge in [0.15, 0.2) is 0 Å². The number of nitriles is 1. The quantitative estimate of drug-likeness (QED) is 0.846. The maximum atomic E-state index is 11.9. The topological polar surface area (TPSA) is 58.9 Å². The van der Waals surface area contributed by atoms with E-state index < -0.39 is 11.4 Å². The van der Waals surface area contributed by atoms with Crippen LogP contribution in [0.4, 0.5) is 0 Å². The summed E-state index contributed by atoms with van der Waals surface area (Å²) in [7, 11) is 0. The monoisotopic (exact) mass is 256 g/mol. The van der Waals surface area contributed by atoms with Crippen molar-refractivity contribution in [3.63, 3.8) is 0 Å². The van der Waals surface area contributed by atoms with Crippen LogP contribution >= 0.6 is 11.3 Å². The second-order valence-corrected chi connectivity index (χ2v) is 7.51. The van der Waals surface area contributed by atoms with Crippen molar-refractivity contribution in [1.82, 2.24) is 4.72 Å². The van der Waals surface area contributed by atoms with Gasteiger partial charge in [-0.1, -0.05) is 0 Å². The Morgan fingerprint density at radius 1 is 1.56 bits per heavy atom. The molecule has 1 aromatic heterocycles. The molecule has 88 valence electrons. The highest BCUT2D eigenvalue weighted by atomic mass is 32.2. The van der Waals surface area contributed by atoms with Crippen molar-refractivity contribution in [2.75, 3.05) is 0 Å². The molecule has 1 aromatic rings. The summed E-state index contributed by atoms with van der Waals surface area (Å²) in [5.41, 5.74) is 0.662. The van der Waals surface area contributed by atoms with Gasteiger partial charge in [0, 0.05) is 21.6 Å². The van der Waals surface area contributed by atoms with Crippen LogP contribution in [0.3, 0.4) is 0 Å². The second-order valence-electron chi connectivity index (χ2n) is 4.57. The van der Waals surface area contributed by atoms with E-state index in [9.17, 15) is 4.55 Å². The fourth-order valence-electron chi connectivity index (χ4n) is 1.03. The summed E-state index contributed by atoms with van der Waals surface area (Å²) in [6, 6.07) is 3.93. The van der Waals surface area contributed by atoms with E-state index >= 15 is 0 Å². The number of thiophene rings is 1. The van der Waals surface area contributed by atoms with Crippen molar-refractivity contribution in [3.05, 3.63) is 21.9 Å². The van der Waals surface area contributed by atoms with Gasteiger partial charge in [-0.2, -0.15) is 5.26 Å². The lowest BCUT2D eigenvalue weighted by molar-refractivity contribution is 0.532. The molecule has 0 fully saturated rings. The van der Waals surface area contributed by atoms with Gasteiger partial charge in [-0.15, -0.1) is 16.1 Å². The Labute approximate surface area is 104 Å². The van der Waals surface area contributed by atoms with E-state index in [0.717, 1.165) is 4.88 Å². The van der Waals surface area contributed by atoms with E-state index in [0.29, 0.717) is 5.56 Å². The highest BCUT2D eigenvalue weighted by Gasteiger charge is 2.28. The molecular weight excluding hydrogens is 240 g/mol. The van der Waals surface area contributed by atoms with Crippen molar-refractivity contribution >= 4 is 22.7 Å². The molecule has 0 saturated heterocycles. The molecule has 0 amide bonds. The summed E-state index contributed by atoms with van der Waals surface area (Å²) >= 11 is 0.429. The fraction of sp³-hybridized carbons (Fsp3) is 0.545. The molecule has 0 bridgehead atoms. The largest absolute Gasteiger partial charge is 0.598 e. The van der Waals surface area contributed by atoms with Gasteiger partial charge in [0.1, 0.15) is 10.8 Å². The van der Waals surface area contributed by atoms with E-state index in [1.165, 1.54) is 11.3 Å². The minimum absolute atomic E-state index is 0.00663. The van der Waals surface area contributed by atoms with E-state index in [-0.39, 0.29) is 10.8 Å². The fourth-order valence-corrected chi connectivity index (χ4v) is 2.75. The van der Waals surface area contributed by atoms with Crippen LogP contribution in [0.1, 0.15) is 44.2 Å². The summed E-state index contributed by atoms with van der Waals surface area (Å²) in [5, 5.41) is 10.5. The molecule has 1 N–H and O–H groups in total. The summed E-state index contributed by atoms with van der Waals surface area (Å²) in [5.74, 6) is 0. The maximum Gasteiger partial charge on any atom is 0.136 e. The molecule has 5 heteroatoms. The van der Waals surface area contributed by atoms with Crippen LogP contribution in [0.2, 0.25) is 0 Å². The smallest absolute Gasteiger partial charge is 0.136 e. The van der Waals surface area contributed by atoms with E-state index in [4.69, 9.17) is 5.26 Å². The summed E-state index contributed by atoms with van der Waals surface area (Å²) in [6.07, 6.45) is 0. The van der Waals surface area contributed by atoms with Crippen LogP contribution in [-0.4, -0.2) is 9.30 Å². The molecule has 1 rings (SSSR count). The maximum absolute atomic E-state index is 11.9. The minimum Gasteiger partial charge on any atom is -0.598 e. The third-order valence-corrected chi connectivity index (χ3v) is 4.81. The minimum atomic E-state index is -1.09. The second kappa shape index (κ2) is 5.19. The van der Waals surface area contributed by atoms with Gasteiger partial charge in [0.25, 0.3) is 0 Å². The first-order chi connectivity index (χ1) is 7.34. The van der Waals surface area contributed by atoms with Gasteiger partial charge in [-0.3, -0.25) is 0 Å². The standard InChI is InChI=1S/C11H16N2OS2/c1-8(13-16(14)11(2,3)4)10-5-9(6-12)7-15-10/h5,7-8,13H,1-4H3. The van der Waals surface area contributed by atoms with Gasteiger partial charge < -0.3 is 4.55 Å². The number of hydrogen-bond donors (Lipinski definition) is 1. The van der Waals surface area contributed by atoms with E-state index in [1.807, 2.05) is 39.1 Å². The predicted molar refractivity (Wildman–Crippen MR) is 68.5 cm³/mol. The lowest BCUT2D eigenvalue weighted by Crippen LogP contribution is -2.40. The summed E-state index contributed by atoms with van der Waals surface area (Å²) < 4.78 is 14.6. The first-order valence-electron chi connectivity index (χ1n) is 5.01. The van der Waals surface area contributed by atoms with Crippen LogP contribution in [0.15, 0.2) is 11.4 Å². The third-order valence-electron chi connectivity index (χ3n) is 2.02. The van der Waals surface area contributed by atoms with Crippen molar-refractivity contribution < 1.29 is 4.55 Å². The molecular formula is C11H16N2OS2. The van der Waals surface area contributed by atoms with Crippen molar-refractivity contribution in [2.24, 2.45) is 0 Å². The molecule has 0 radical (unpaired) electrons. The molecule has 0 spiro atoms. The van der Waals surface area contributed by atoms with Crippen LogP contribution in [-0.2, 0) is 11.4 Å². The summed E-state index contributed by atoms with van der Waals surface area (Å²) in [6.45, 7) is 7.74. The molecule has 0 aromatic carbocycles. The van der Waals surface area contributed by atoms with Gasteiger partial charge in [-0.05, 0) is 33.8 Å². The zero-order chi connectivity index (χ0) is 12.3. The number of nitrogens with zero attached hydrogens (tertiary/aromatic N) is 1. The Bertz CT molecular complexity index is 389. The summed E-state index contributed by atoms with van der Waals surface area (Å²) in [4.78, 5) is 1.04. The van der Waals surface area contributed by atoms with Gasteiger partial charge in [0.2, 0.25) is 0 Å². The highest BCUT2D eigenvalue weighted by Crippen LogP contribution is 2.24. The van der Waals surface area contributed by atoms with Gasteiger partial charge >= 0.3 is 0 Å². The van der Waals surface area contributed by atoms with Crippen molar-refractivity contribution in [1.29, 1.82) is 5.26 Å². The molecule has 0 aliphatic rings. The van der Waals surface area contributed by atoms with E-state index in [1.54, 1.807) is 0 Å². The molecule has 2 atom stereocenters. The van der Waals surface area contributed by atoms with Crippen molar-refractivity contribution in [2.45, 2.75) is 38.5 Å². The molecule has 2 unspecified atom stereocenters. The van der Waals surface area contributed by atoms with Crippen LogP contribution in [0.5, 0.6) is 0 Å². The Balaban J connectivity index is 2.66. The number of rotatable bonds is 3. The Morgan fingerprint density at radius 3 is 2.62 bits per heavy atom. The lowest BCUT2D eigenvalue weighted by Gasteiger charge is -2.26. The zero-order valence-electron chi connectivity index (χ0n) is 9.90. The molecule has 16 heavy (non-hydrogen) atoms. The number of hydrogen-bond acceptors (Lipinski definition) is 4. The average molecular weight is 256 g/mol. The molecule has 0 aliphatic carbocycles. The molecule has 0 saturated carbocycles. The first kappa shape index (κ1) is 13.5. The average Bonchev–Trinajstić information content (AvgIpc) is 2.64. The van der Waals surface area contributed by atoms with Gasteiger partial charge in [-0.25, -0.2) is 0 Å². The number of nitrogens with one attached hydrogen (secondary N) is 1. The van der Waals surface area contributed by atoms with Gasteiger partial charge in [0.05, 0.1) is 11.6 Å². The molecule has 0 aliphatic heterocycles. The van der Waals surface area contributed by atoms with Crippen LogP contribution < -0.4 is 4.72 Å². The molecule has 3 nitrogen and oxygen atoms in total. The Kier molecular flexibility index (Phi) is 4.39. The first-order valence-corrected chi connectivity index (χ1v) is 7.04. The van der Waals surface area contributed by atoms with Crippen LogP contribution in [0, 0.1) is 11.3 Å². The van der Waals surface area contributed by atoms with Crippen molar-refractivity contribution in [3.8, 4) is 6.07 Å². The normalized spacial score (nSPS) is 15.5.